The first-order chi connectivity index (χ1) is 20.9. The summed E-state index contributed by atoms with van der Waals surface area (Å²) in [5.41, 5.74) is 2.48. The molecule has 0 spiro atoms. The second-order valence-electron chi connectivity index (χ2n) is 9.52. The molecule has 0 N–H and O–H groups in total. The number of aromatic nitrogens is 1. The fraction of sp³-hybridized carbons (Fsp3) is 0.125. The van der Waals surface area contributed by atoms with E-state index in [-0.39, 0.29) is 35.8 Å². The van der Waals surface area contributed by atoms with Crippen molar-refractivity contribution < 1.29 is 33.4 Å². The Kier molecular flexibility index (Phi) is 7.59. The molecule has 2 aliphatic rings. The average molecular weight is 592 g/mol. The second-order valence-corrected chi connectivity index (χ2v) is 10.7. The molecule has 0 aliphatic carbocycles. The Balaban J connectivity index is 1.14. The zero-order chi connectivity index (χ0) is 29.9. The quantitative estimate of drug-likeness (QED) is 0.159. The lowest BCUT2D eigenvalue weighted by atomic mass is 10.1. The van der Waals surface area contributed by atoms with Crippen LogP contribution in [0.1, 0.15) is 32.7 Å². The van der Waals surface area contributed by atoms with Gasteiger partial charge in [-0.15, -0.1) is 0 Å². The van der Waals surface area contributed by atoms with E-state index in [1.807, 2.05) is 6.07 Å². The molecule has 2 aliphatic heterocycles. The van der Waals surface area contributed by atoms with E-state index in [0.717, 1.165) is 22.2 Å². The highest BCUT2D eigenvalue weighted by Crippen LogP contribution is 2.38. The van der Waals surface area contributed by atoms with Crippen LogP contribution < -0.4 is 14.4 Å². The Morgan fingerprint density at radius 3 is 2.49 bits per heavy atom. The number of nitrogens with zero attached hydrogens (tertiary/aromatic N) is 3. The smallest absolute Gasteiger partial charge is 0.338 e. The Bertz CT molecular complexity index is 1800. The van der Waals surface area contributed by atoms with Crippen molar-refractivity contribution in [2.24, 2.45) is 0 Å². The largest absolute Gasteiger partial charge is 0.454 e. The van der Waals surface area contributed by atoms with Crippen LogP contribution in [0.25, 0.3) is 11.3 Å². The molecule has 0 saturated carbocycles. The van der Waals surface area contributed by atoms with E-state index in [1.165, 1.54) is 24.3 Å². The predicted molar refractivity (Wildman–Crippen MR) is 155 cm³/mol. The van der Waals surface area contributed by atoms with Gasteiger partial charge in [0.2, 0.25) is 18.6 Å². The molecule has 43 heavy (non-hydrogen) atoms. The number of fused-ring (bicyclic) bond motifs is 1. The molecule has 2 amide bonds. The maximum Gasteiger partial charge on any atom is 0.338 e. The van der Waals surface area contributed by atoms with E-state index >= 15 is 0 Å². The van der Waals surface area contributed by atoms with Crippen LogP contribution in [0.3, 0.4) is 0 Å². The first-order valence-corrected chi connectivity index (χ1v) is 14.0. The third kappa shape index (κ3) is 5.68. The highest BCUT2D eigenvalue weighted by atomic mass is 32.2. The minimum atomic E-state index is -0.798. The molecule has 4 aromatic rings. The Labute approximate surface area is 249 Å². The van der Waals surface area contributed by atoms with Gasteiger partial charge in [-0.25, -0.2) is 14.7 Å². The number of carbonyl (C=O) groups is 4. The molecule has 11 heteroatoms. The van der Waals surface area contributed by atoms with Crippen LogP contribution in [0.2, 0.25) is 0 Å². The number of thioether (sulfide) groups is 1. The fourth-order valence-corrected chi connectivity index (χ4v) is 5.70. The Morgan fingerprint density at radius 2 is 1.72 bits per heavy atom. The molecule has 0 bridgehead atoms. The van der Waals surface area contributed by atoms with E-state index in [2.05, 4.69) is 11.1 Å². The van der Waals surface area contributed by atoms with Crippen molar-refractivity contribution in [1.29, 1.82) is 5.26 Å². The van der Waals surface area contributed by atoms with Crippen molar-refractivity contribution in [2.75, 3.05) is 18.3 Å². The van der Waals surface area contributed by atoms with Crippen molar-refractivity contribution in [3.63, 3.8) is 0 Å². The molecule has 6 rings (SSSR count). The SMILES string of the molecule is N#Cc1ccc(-c2ccc3c(c2)OCO3)nc1SC1CC(=O)N(c2ccc(C(=O)OCC(=O)c3ccccc3)cc2)C1=O. The van der Waals surface area contributed by atoms with E-state index in [4.69, 9.17) is 14.2 Å². The van der Waals surface area contributed by atoms with Gasteiger partial charge in [0.15, 0.2) is 23.9 Å². The molecule has 0 radical (unpaired) electrons. The minimum Gasteiger partial charge on any atom is -0.454 e. The van der Waals surface area contributed by atoms with Crippen LogP contribution in [0.15, 0.2) is 90.0 Å². The number of anilines is 1. The molecule has 3 aromatic carbocycles. The van der Waals surface area contributed by atoms with Gasteiger partial charge in [0.05, 0.1) is 27.8 Å². The summed E-state index contributed by atoms with van der Waals surface area (Å²) in [7, 11) is 0. The molecule has 212 valence electrons. The monoisotopic (exact) mass is 591 g/mol. The third-order valence-corrected chi connectivity index (χ3v) is 7.99. The summed E-state index contributed by atoms with van der Waals surface area (Å²) in [4.78, 5) is 56.6. The van der Waals surface area contributed by atoms with Crippen molar-refractivity contribution in [3.8, 4) is 28.8 Å². The van der Waals surface area contributed by atoms with Crippen LogP contribution in [0.5, 0.6) is 11.5 Å². The standard InChI is InChI=1S/C32H21N3O7S/c33-16-22-8-12-24(21-9-13-26-27(14-21)42-18-41-26)34-30(22)43-28-15-29(37)35(31(28)38)23-10-6-20(7-11-23)32(39)40-17-25(36)19-4-2-1-3-5-19/h1-14,28H,15,17-18H2. The zero-order valence-electron chi connectivity index (χ0n) is 22.4. The molecule has 1 fully saturated rings. The maximum absolute atomic E-state index is 13.3. The maximum atomic E-state index is 13.3. The normalized spacial score (nSPS) is 15.3. The number of Topliss-reactive ketones (excluding diaryl/α,β-unsaturated/α-hetero) is 1. The number of nitriles is 1. The van der Waals surface area contributed by atoms with Crippen molar-refractivity contribution in [1.82, 2.24) is 4.98 Å². The second kappa shape index (κ2) is 11.8. The highest BCUT2D eigenvalue weighted by molar-refractivity contribution is 8.00. The van der Waals surface area contributed by atoms with E-state index < -0.39 is 29.6 Å². The summed E-state index contributed by atoms with van der Waals surface area (Å²) < 4.78 is 15.9. The number of ketones is 1. The van der Waals surface area contributed by atoms with E-state index in [9.17, 15) is 24.4 Å². The first kappa shape index (κ1) is 27.7. The number of hydrogen-bond acceptors (Lipinski definition) is 10. The summed E-state index contributed by atoms with van der Waals surface area (Å²) in [6.07, 6.45) is -0.0876. The number of pyridine rings is 1. The number of esters is 1. The minimum absolute atomic E-state index is 0.0876. The van der Waals surface area contributed by atoms with Crippen molar-refractivity contribution in [3.05, 3.63) is 102 Å². The van der Waals surface area contributed by atoms with E-state index in [0.29, 0.717) is 27.8 Å². The average Bonchev–Trinajstić information content (AvgIpc) is 3.62. The summed E-state index contributed by atoms with van der Waals surface area (Å²) in [5.74, 6) is -0.705. The Hall–Kier alpha value is -5.47. The first-order valence-electron chi connectivity index (χ1n) is 13.1. The number of rotatable bonds is 8. The van der Waals surface area contributed by atoms with Gasteiger partial charge in [0.1, 0.15) is 11.1 Å². The number of amides is 2. The number of hydrogen-bond donors (Lipinski definition) is 0. The van der Waals surface area contributed by atoms with Gasteiger partial charge in [-0.1, -0.05) is 42.1 Å². The predicted octanol–water partition coefficient (Wildman–Crippen LogP) is 4.81. The zero-order valence-corrected chi connectivity index (χ0v) is 23.2. The molecule has 1 saturated heterocycles. The van der Waals surface area contributed by atoms with Crippen LogP contribution in [0.4, 0.5) is 5.69 Å². The van der Waals surface area contributed by atoms with E-state index in [1.54, 1.807) is 54.6 Å². The lowest BCUT2D eigenvalue weighted by Gasteiger charge is -2.15. The van der Waals surface area contributed by atoms with Gasteiger partial charge in [-0.05, 0) is 54.6 Å². The van der Waals surface area contributed by atoms with Gasteiger partial charge in [0.25, 0.3) is 0 Å². The Morgan fingerprint density at radius 1 is 0.953 bits per heavy atom. The van der Waals surface area contributed by atoms with Gasteiger partial charge < -0.3 is 14.2 Å². The summed E-state index contributed by atoms with van der Waals surface area (Å²) in [5, 5.41) is 9.20. The molecule has 1 atom stereocenters. The van der Waals surface area contributed by atoms with Gasteiger partial charge in [-0.2, -0.15) is 5.26 Å². The molecule has 1 unspecified atom stereocenters. The van der Waals surface area contributed by atoms with Gasteiger partial charge >= 0.3 is 5.97 Å². The number of benzene rings is 3. The molecule has 10 nitrogen and oxygen atoms in total. The fourth-order valence-electron chi connectivity index (χ4n) is 4.60. The van der Waals surface area contributed by atoms with Crippen LogP contribution >= 0.6 is 11.8 Å². The lowest BCUT2D eigenvalue weighted by molar-refractivity contribution is -0.121. The van der Waals surface area contributed by atoms with Crippen LogP contribution in [-0.4, -0.2) is 47.2 Å². The lowest BCUT2D eigenvalue weighted by Crippen LogP contribution is -2.31. The summed E-state index contributed by atoms with van der Waals surface area (Å²) >= 11 is 1.05. The number of ether oxygens (including phenoxy) is 3. The molecule has 3 heterocycles. The highest BCUT2D eigenvalue weighted by Gasteiger charge is 2.41. The van der Waals surface area contributed by atoms with Gasteiger partial charge in [0, 0.05) is 17.5 Å². The number of carbonyl (C=O) groups excluding carboxylic acids is 4. The molecular weight excluding hydrogens is 570 g/mol. The summed E-state index contributed by atoms with van der Waals surface area (Å²) in [6, 6.07) is 25.1. The number of imide groups is 1. The van der Waals surface area contributed by atoms with Crippen LogP contribution in [-0.2, 0) is 14.3 Å². The summed E-state index contributed by atoms with van der Waals surface area (Å²) in [6.45, 7) is -0.279. The van der Waals surface area contributed by atoms with Crippen molar-refractivity contribution in [2.45, 2.75) is 16.7 Å². The van der Waals surface area contributed by atoms with Gasteiger partial charge in [-0.3, -0.25) is 14.4 Å². The van der Waals surface area contributed by atoms with Crippen molar-refractivity contribution >= 4 is 41.0 Å². The third-order valence-electron chi connectivity index (χ3n) is 6.80. The molecular formula is C32H21N3O7S. The van der Waals surface area contributed by atoms with Crippen LogP contribution in [0, 0.1) is 11.3 Å². The topological polar surface area (TPSA) is 136 Å². The molecule has 1 aromatic heterocycles.